The van der Waals surface area contributed by atoms with Gasteiger partial charge in [-0.05, 0) is 42.3 Å². The van der Waals surface area contributed by atoms with Crippen LogP contribution < -0.4 is 10.1 Å². The van der Waals surface area contributed by atoms with Gasteiger partial charge in [0.25, 0.3) is 0 Å². The van der Waals surface area contributed by atoms with Gasteiger partial charge in [-0.15, -0.1) is 0 Å². The molecule has 0 aliphatic heterocycles. The van der Waals surface area contributed by atoms with E-state index in [9.17, 15) is 0 Å². The van der Waals surface area contributed by atoms with E-state index in [1.165, 1.54) is 0 Å². The van der Waals surface area contributed by atoms with Crippen LogP contribution >= 0.6 is 11.6 Å². The summed E-state index contributed by atoms with van der Waals surface area (Å²) in [6, 6.07) is 15.2. The van der Waals surface area contributed by atoms with Gasteiger partial charge in [-0.25, -0.2) is 0 Å². The second-order valence-corrected chi connectivity index (χ2v) is 5.09. The molecule has 0 unspecified atom stereocenters. The number of halogens is 1. The second-order valence-electron chi connectivity index (χ2n) is 4.65. The van der Waals surface area contributed by atoms with E-state index in [0.717, 1.165) is 23.4 Å². The molecule has 0 amide bonds. The van der Waals surface area contributed by atoms with E-state index >= 15 is 0 Å². The topological polar surface area (TPSA) is 45.0 Å². The molecular formula is C17H17ClN2O. The fraction of sp³-hybridized carbons (Fsp3) is 0.235. The molecule has 0 spiro atoms. The minimum atomic E-state index is 0.609. The summed E-state index contributed by atoms with van der Waals surface area (Å²) in [7, 11) is 0. The lowest BCUT2D eigenvalue weighted by molar-refractivity contribution is 0.319. The Bertz CT molecular complexity index is 649. The summed E-state index contributed by atoms with van der Waals surface area (Å²) in [4.78, 5) is 0. The van der Waals surface area contributed by atoms with Crippen molar-refractivity contribution in [2.75, 3.05) is 11.9 Å². The first kappa shape index (κ1) is 15.2. The zero-order valence-corrected chi connectivity index (χ0v) is 12.7. The normalized spacial score (nSPS) is 9.95. The van der Waals surface area contributed by atoms with Gasteiger partial charge >= 0.3 is 0 Å². The highest BCUT2D eigenvalue weighted by Crippen LogP contribution is 2.28. The number of hydrogen-bond acceptors (Lipinski definition) is 3. The lowest BCUT2D eigenvalue weighted by Crippen LogP contribution is -2.03. The van der Waals surface area contributed by atoms with Gasteiger partial charge in [-0.3, -0.25) is 0 Å². The maximum absolute atomic E-state index is 8.92. The molecule has 0 fully saturated rings. The Kier molecular flexibility index (Phi) is 5.48. The SMILES string of the molecule is CCCOc1ccc(Cl)cc1NCc1cccc(C#N)c1. The number of nitrogens with zero attached hydrogens (tertiary/aromatic N) is 1. The van der Waals surface area contributed by atoms with Gasteiger partial charge in [0.05, 0.1) is 23.9 Å². The molecule has 2 rings (SSSR count). The third-order valence-corrected chi connectivity index (χ3v) is 3.18. The zero-order valence-electron chi connectivity index (χ0n) is 11.9. The molecule has 2 aromatic rings. The van der Waals surface area contributed by atoms with Crippen molar-refractivity contribution in [2.24, 2.45) is 0 Å². The number of ether oxygens (including phenoxy) is 1. The van der Waals surface area contributed by atoms with Crippen LogP contribution in [0, 0.1) is 11.3 Å². The summed E-state index contributed by atoms with van der Waals surface area (Å²) in [6.07, 6.45) is 0.951. The van der Waals surface area contributed by atoms with E-state index in [2.05, 4.69) is 18.3 Å². The summed E-state index contributed by atoms with van der Waals surface area (Å²) < 4.78 is 5.70. The lowest BCUT2D eigenvalue weighted by Gasteiger charge is -2.13. The van der Waals surface area contributed by atoms with Crippen molar-refractivity contribution in [1.29, 1.82) is 5.26 Å². The Labute approximate surface area is 130 Å². The van der Waals surface area contributed by atoms with E-state index < -0.39 is 0 Å². The molecular weight excluding hydrogens is 284 g/mol. The van der Waals surface area contributed by atoms with Crippen LogP contribution in [0.25, 0.3) is 0 Å². The first-order chi connectivity index (χ1) is 10.2. The van der Waals surface area contributed by atoms with E-state index in [4.69, 9.17) is 21.6 Å². The quantitative estimate of drug-likeness (QED) is 0.847. The van der Waals surface area contributed by atoms with Gasteiger partial charge in [0.2, 0.25) is 0 Å². The molecule has 3 nitrogen and oxygen atoms in total. The van der Waals surface area contributed by atoms with Crippen molar-refractivity contribution in [3.05, 3.63) is 58.6 Å². The van der Waals surface area contributed by atoms with E-state index in [0.29, 0.717) is 23.7 Å². The minimum absolute atomic E-state index is 0.609. The maximum Gasteiger partial charge on any atom is 0.142 e. The van der Waals surface area contributed by atoms with Crippen LogP contribution in [-0.4, -0.2) is 6.61 Å². The van der Waals surface area contributed by atoms with Gasteiger partial charge < -0.3 is 10.1 Å². The molecule has 0 saturated heterocycles. The Morgan fingerprint density at radius 1 is 1.24 bits per heavy atom. The molecule has 0 bridgehead atoms. The lowest BCUT2D eigenvalue weighted by atomic mass is 10.1. The fourth-order valence-corrected chi connectivity index (χ4v) is 2.10. The van der Waals surface area contributed by atoms with Crippen molar-refractivity contribution >= 4 is 17.3 Å². The molecule has 0 aliphatic rings. The van der Waals surface area contributed by atoms with Crippen LogP contribution in [-0.2, 0) is 6.54 Å². The van der Waals surface area contributed by atoms with Gasteiger partial charge in [0.15, 0.2) is 0 Å². The standard InChI is InChI=1S/C17H17ClN2O/c1-2-8-21-17-7-6-15(18)10-16(17)20-12-14-5-3-4-13(9-14)11-19/h3-7,9-10,20H,2,8,12H2,1H3. The van der Waals surface area contributed by atoms with E-state index in [1.54, 1.807) is 6.07 Å². The molecule has 4 heteroatoms. The second kappa shape index (κ2) is 7.56. The van der Waals surface area contributed by atoms with Crippen LogP contribution in [0.15, 0.2) is 42.5 Å². The number of nitriles is 1. The summed E-state index contributed by atoms with van der Waals surface area (Å²) in [5.41, 5.74) is 2.55. The predicted octanol–water partition coefficient (Wildman–Crippen LogP) is 4.61. The van der Waals surface area contributed by atoms with Crippen molar-refractivity contribution in [3.63, 3.8) is 0 Å². The Hall–Kier alpha value is -2.18. The molecule has 108 valence electrons. The van der Waals surface area contributed by atoms with Crippen LogP contribution in [0.5, 0.6) is 5.75 Å². The largest absolute Gasteiger partial charge is 0.491 e. The Balaban J connectivity index is 2.11. The molecule has 0 aliphatic carbocycles. The number of benzene rings is 2. The molecule has 0 heterocycles. The van der Waals surface area contributed by atoms with Crippen molar-refractivity contribution in [3.8, 4) is 11.8 Å². The van der Waals surface area contributed by atoms with Crippen LogP contribution in [0.2, 0.25) is 5.02 Å². The third-order valence-electron chi connectivity index (χ3n) is 2.94. The molecule has 0 atom stereocenters. The van der Waals surface area contributed by atoms with Crippen LogP contribution in [0.1, 0.15) is 24.5 Å². The minimum Gasteiger partial charge on any atom is -0.491 e. The monoisotopic (exact) mass is 300 g/mol. The molecule has 0 radical (unpaired) electrons. The average Bonchev–Trinajstić information content (AvgIpc) is 2.52. The number of anilines is 1. The summed E-state index contributed by atoms with van der Waals surface area (Å²) in [5.74, 6) is 0.790. The molecule has 0 aromatic heterocycles. The zero-order chi connectivity index (χ0) is 15.1. The van der Waals surface area contributed by atoms with Gasteiger partial charge in [0, 0.05) is 11.6 Å². The van der Waals surface area contributed by atoms with Crippen LogP contribution in [0.4, 0.5) is 5.69 Å². The summed E-state index contributed by atoms with van der Waals surface area (Å²) >= 11 is 6.04. The number of rotatable bonds is 6. The van der Waals surface area contributed by atoms with Crippen molar-refractivity contribution in [1.82, 2.24) is 0 Å². The first-order valence-corrected chi connectivity index (χ1v) is 7.26. The van der Waals surface area contributed by atoms with Gasteiger partial charge in [-0.2, -0.15) is 5.26 Å². The number of hydrogen-bond donors (Lipinski definition) is 1. The number of nitrogens with one attached hydrogen (secondary N) is 1. The Morgan fingerprint density at radius 2 is 2.10 bits per heavy atom. The predicted molar refractivity (Wildman–Crippen MR) is 85.7 cm³/mol. The highest BCUT2D eigenvalue weighted by atomic mass is 35.5. The van der Waals surface area contributed by atoms with E-state index in [1.807, 2.05) is 36.4 Å². The van der Waals surface area contributed by atoms with Gasteiger partial charge in [0.1, 0.15) is 5.75 Å². The van der Waals surface area contributed by atoms with Gasteiger partial charge in [-0.1, -0.05) is 30.7 Å². The molecule has 2 aromatic carbocycles. The highest BCUT2D eigenvalue weighted by molar-refractivity contribution is 6.30. The van der Waals surface area contributed by atoms with Crippen molar-refractivity contribution < 1.29 is 4.74 Å². The third kappa shape index (κ3) is 4.40. The summed E-state index contributed by atoms with van der Waals surface area (Å²) in [5, 5.41) is 12.9. The Morgan fingerprint density at radius 3 is 2.86 bits per heavy atom. The molecule has 1 N–H and O–H groups in total. The summed E-state index contributed by atoms with van der Waals surface area (Å²) in [6.45, 7) is 3.34. The highest BCUT2D eigenvalue weighted by Gasteiger charge is 2.05. The van der Waals surface area contributed by atoms with Crippen LogP contribution in [0.3, 0.4) is 0 Å². The average molecular weight is 301 g/mol. The van der Waals surface area contributed by atoms with E-state index in [-0.39, 0.29) is 0 Å². The fourth-order valence-electron chi connectivity index (χ4n) is 1.93. The smallest absolute Gasteiger partial charge is 0.142 e. The maximum atomic E-state index is 8.92. The van der Waals surface area contributed by atoms with Crippen molar-refractivity contribution in [2.45, 2.75) is 19.9 Å². The first-order valence-electron chi connectivity index (χ1n) is 6.88. The molecule has 0 saturated carbocycles. The molecule has 21 heavy (non-hydrogen) atoms.